The van der Waals surface area contributed by atoms with Gasteiger partial charge in [0.2, 0.25) is 11.8 Å². The molecule has 122 valence electrons. The van der Waals surface area contributed by atoms with E-state index >= 15 is 0 Å². The summed E-state index contributed by atoms with van der Waals surface area (Å²) in [6.07, 6.45) is 1.25. The molecule has 3 rings (SSSR count). The van der Waals surface area contributed by atoms with Crippen molar-refractivity contribution in [3.63, 3.8) is 0 Å². The lowest BCUT2D eigenvalue weighted by Gasteiger charge is -2.11. The Kier molecular flexibility index (Phi) is 4.11. The fourth-order valence-electron chi connectivity index (χ4n) is 3.32. The van der Waals surface area contributed by atoms with E-state index in [-0.39, 0.29) is 24.2 Å². The Bertz CT molecular complexity index is 776. The van der Waals surface area contributed by atoms with Crippen molar-refractivity contribution in [2.24, 2.45) is 5.92 Å². The van der Waals surface area contributed by atoms with Crippen molar-refractivity contribution in [2.75, 3.05) is 6.54 Å². The third kappa shape index (κ3) is 2.96. The molecule has 2 heterocycles. The third-order valence-electron chi connectivity index (χ3n) is 4.65. The van der Waals surface area contributed by atoms with Crippen LogP contribution in [-0.4, -0.2) is 23.3 Å². The van der Waals surface area contributed by atoms with Gasteiger partial charge < -0.3 is 15.6 Å². The monoisotopic (exact) mass is 313 g/mol. The van der Waals surface area contributed by atoms with E-state index in [1.54, 1.807) is 0 Å². The summed E-state index contributed by atoms with van der Waals surface area (Å²) in [5.41, 5.74) is 5.90. The largest absolute Gasteiger partial charge is 0.358 e. The average molecular weight is 313 g/mol. The second-order valence-corrected chi connectivity index (χ2v) is 6.35. The number of carbonyl (C=O) groups is 2. The highest BCUT2D eigenvalue weighted by atomic mass is 16.2. The Labute approximate surface area is 135 Å². The van der Waals surface area contributed by atoms with Crippen LogP contribution in [0.25, 0.3) is 10.9 Å². The van der Waals surface area contributed by atoms with Crippen LogP contribution >= 0.6 is 0 Å². The van der Waals surface area contributed by atoms with Crippen LogP contribution in [0, 0.1) is 19.8 Å². The molecule has 1 aromatic carbocycles. The van der Waals surface area contributed by atoms with Crippen molar-refractivity contribution in [3.8, 4) is 0 Å². The van der Waals surface area contributed by atoms with E-state index in [1.165, 1.54) is 22.2 Å². The number of amides is 2. The zero-order chi connectivity index (χ0) is 16.6. The Hall–Kier alpha value is -2.30. The zero-order valence-electron chi connectivity index (χ0n) is 13.9. The van der Waals surface area contributed by atoms with Crippen molar-refractivity contribution >= 4 is 22.7 Å². The first kappa shape index (κ1) is 15.6. The van der Waals surface area contributed by atoms with E-state index in [1.807, 2.05) is 0 Å². The molecule has 0 saturated carbocycles. The quantitative estimate of drug-likeness (QED) is 0.808. The molecule has 1 aromatic heterocycles. The highest BCUT2D eigenvalue weighted by Crippen LogP contribution is 2.26. The van der Waals surface area contributed by atoms with Crippen LogP contribution in [0.2, 0.25) is 0 Å². The first-order chi connectivity index (χ1) is 11.0. The van der Waals surface area contributed by atoms with Gasteiger partial charge in [-0.1, -0.05) is 18.6 Å². The number of aryl methyl sites for hydroxylation is 3. The summed E-state index contributed by atoms with van der Waals surface area (Å²) in [7, 11) is 0. The fraction of sp³-hybridized carbons (Fsp3) is 0.444. The lowest BCUT2D eigenvalue weighted by molar-refractivity contribution is -0.126. The van der Waals surface area contributed by atoms with Crippen molar-refractivity contribution in [1.82, 2.24) is 15.6 Å². The predicted octanol–water partition coefficient (Wildman–Crippen LogP) is 2.10. The molecule has 1 aliphatic rings. The maximum absolute atomic E-state index is 12.2. The van der Waals surface area contributed by atoms with Crippen LogP contribution in [0.5, 0.6) is 0 Å². The minimum Gasteiger partial charge on any atom is -0.358 e. The number of H-pyrrole nitrogens is 1. The Morgan fingerprint density at radius 2 is 2.13 bits per heavy atom. The molecule has 1 aliphatic heterocycles. The zero-order valence-corrected chi connectivity index (χ0v) is 13.9. The summed E-state index contributed by atoms with van der Waals surface area (Å²) in [4.78, 5) is 26.9. The molecule has 0 spiro atoms. The van der Waals surface area contributed by atoms with Crippen LogP contribution in [0.15, 0.2) is 12.1 Å². The van der Waals surface area contributed by atoms with Crippen molar-refractivity contribution < 1.29 is 9.59 Å². The van der Waals surface area contributed by atoms with Gasteiger partial charge in [-0.05, 0) is 37.5 Å². The third-order valence-corrected chi connectivity index (χ3v) is 4.65. The SMILES string of the molecule is CCc1[nH]c2c(CNC(=O)C3CNC(=O)C3)cc(C)cc2c1C. The van der Waals surface area contributed by atoms with Crippen LogP contribution in [0.3, 0.4) is 0 Å². The summed E-state index contributed by atoms with van der Waals surface area (Å²) >= 11 is 0. The maximum Gasteiger partial charge on any atom is 0.225 e. The van der Waals surface area contributed by atoms with Gasteiger partial charge in [-0.2, -0.15) is 0 Å². The maximum atomic E-state index is 12.2. The molecule has 2 aromatic rings. The van der Waals surface area contributed by atoms with Crippen LogP contribution in [0.1, 0.15) is 35.7 Å². The van der Waals surface area contributed by atoms with Gasteiger partial charge in [0.15, 0.2) is 0 Å². The van der Waals surface area contributed by atoms with Crippen LogP contribution in [0.4, 0.5) is 0 Å². The van der Waals surface area contributed by atoms with E-state index < -0.39 is 0 Å². The molecule has 5 heteroatoms. The van der Waals surface area contributed by atoms with Crippen molar-refractivity contribution in [2.45, 2.75) is 40.2 Å². The molecule has 1 atom stereocenters. The van der Waals surface area contributed by atoms with Crippen LogP contribution in [-0.2, 0) is 22.6 Å². The van der Waals surface area contributed by atoms with Gasteiger partial charge >= 0.3 is 0 Å². The van der Waals surface area contributed by atoms with E-state index in [0.29, 0.717) is 13.1 Å². The van der Waals surface area contributed by atoms with Crippen LogP contribution < -0.4 is 10.6 Å². The minimum absolute atomic E-state index is 0.0457. The highest BCUT2D eigenvalue weighted by molar-refractivity contribution is 5.90. The smallest absolute Gasteiger partial charge is 0.225 e. The summed E-state index contributed by atoms with van der Waals surface area (Å²) in [5.74, 6) is -0.355. The second kappa shape index (κ2) is 6.07. The Morgan fingerprint density at radius 3 is 2.78 bits per heavy atom. The molecule has 0 radical (unpaired) electrons. The minimum atomic E-state index is -0.251. The molecule has 0 aliphatic carbocycles. The number of carbonyl (C=O) groups excluding carboxylic acids is 2. The summed E-state index contributed by atoms with van der Waals surface area (Å²) in [5, 5.41) is 6.90. The normalized spacial score (nSPS) is 17.5. The first-order valence-corrected chi connectivity index (χ1v) is 8.14. The molecule has 3 N–H and O–H groups in total. The van der Waals surface area contributed by atoms with Crippen molar-refractivity contribution in [1.29, 1.82) is 0 Å². The molecule has 1 unspecified atom stereocenters. The van der Waals surface area contributed by atoms with E-state index in [4.69, 9.17) is 0 Å². The van der Waals surface area contributed by atoms with Gasteiger partial charge in [0, 0.05) is 30.6 Å². The topological polar surface area (TPSA) is 74.0 Å². The van der Waals surface area contributed by atoms with Gasteiger partial charge in [0.1, 0.15) is 0 Å². The fourth-order valence-corrected chi connectivity index (χ4v) is 3.32. The molecule has 1 saturated heterocycles. The number of aromatic nitrogens is 1. The molecule has 1 fully saturated rings. The molecular weight excluding hydrogens is 290 g/mol. The Balaban J connectivity index is 1.82. The molecule has 5 nitrogen and oxygen atoms in total. The highest BCUT2D eigenvalue weighted by Gasteiger charge is 2.27. The number of hydrogen-bond acceptors (Lipinski definition) is 2. The van der Waals surface area contributed by atoms with E-state index in [0.717, 1.165) is 17.5 Å². The average Bonchev–Trinajstić information content (AvgIpc) is 3.09. The first-order valence-electron chi connectivity index (χ1n) is 8.14. The van der Waals surface area contributed by atoms with E-state index in [9.17, 15) is 9.59 Å². The van der Waals surface area contributed by atoms with Gasteiger partial charge in [0.25, 0.3) is 0 Å². The Morgan fingerprint density at radius 1 is 1.35 bits per heavy atom. The number of aromatic amines is 1. The molecule has 2 amide bonds. The standard InChI is InChI=1S/C18H23N3O2/c1-4-15-11(3)14-6-10(2)5-12(17(14)21-15)8-20-18(23)13-7-16(22)19-9-13/h5-6,13,21H,4,7-9H2,1-3H3,(H,19,22)(H,20,23). The number of fused-ring (bicyclic) bond motifs is 1. The van der Waals surface area contributed by atoms with Crippen molar-refractivity contribution in [3.05, 3.63) is 34.5 Å². The van der Waals surface area contributed by atoms with Gasteiger partial charge in [-0.15, -0.1) is 0 Å². The second-order valence-electron chi connectivity index (χ2n) is 6.35. The summed E-state index contributed by atoms with van der Waals surface area (Å²) in [6, 6.07) is 4.29. The number of hydrogen-bond donors (Lipinski definition) is 3. The molecule has 0 bridgehead atoms. The van der Waals surface area contributed by atoms with Gasteiger partial charge in [0.05, 0.1) is 11.4 Å². The number of nitrogens with one attached hydrogen (secondary N) is 3. The van der Waals surface area contributed by atoms with E-state index in [2.05, 4.69) is 48.5 Å². The summed E-state index contributed by atoms with van der Waals surface area (Å²) < 4.78 is 0. The number of rotatable bonds is 4. The predicted molar refractivity (Wildman–Crippen MR) is 90.1 cm³/mol. The van der Waals surface area contributed by atoms with Gasteiger partial charge in [-0.3, -0.25) is 9.59 Å². The molecular formula is C18H23N3O2. The lowest BCUT2D eigenvalue weighted by Crippen LogP contribution is -2.31. The van der Waals surface area contributed by atoms with Gasteiger partial charge in [-0.25, -0.2) is 0 Å². The summed E-state index contributed by atoms with van der Waals surface area (Å²) in [6.45, 7) is 7.26. The lowest BCUT2D eigenvalue weighted by atomic mass is 10.0. The number of benzene rings is 1. The molecule has 23 heavy (non-hydrogen) atoms.